The smallest absolute Gasteiger partial charge is 0.410 e. The van der Waals surface area contributed by atoms with Gasteiger partial charge in [-0.05, 0) is 90.8 Å². The van der Waals surface area contributed by atoms with E-state index in [-0.39, 0.29) is 37.5 Å². The van der Waals surface area contributed by atoms with Gasteiger partial charge in [-0.25, -0.2) is 14.6 Å². The first-order chi connectivity index (χ1) is 23.4. The van der Waals surface area contributed by atoms with Gasteiger partial charge in [0.15, 0.2) is 5.78 Å². The van der Waals surface area contributed by atoms with Crippen LogP contribution in [0.1, 0.15) is 93.4 Å². The number of aryl methyl sites for hydroxylation is 1. The molecule has 1 aromatic heterocycles. The lowest BCUT2D eigenvalue weighted by Gasteiger charge is -2.26. The van der Waals surface area contributed by atoms with Gasteiger partial charge < -0.3 is 25.1 Å². The number of carbonyl (C=O) groups excluding carboxylic acids is 5. The number of imidazole rings is 1. The number of aromatic nitrogens is 2. The summed E-state index contributed by atoms with van der Waals surface area (Å²) in [7, 11) is 0. The average Bonchev–Trinajstić information content (AvgIpc) is 3.42. The Bertz CT molecular complexity index is 1760. The number of ketones is 1. The van der Waals surface area contributed by atoms with Crippen LogP contribution in [0.5, 0.6) is 0 Å². The number of aromatic amines is 1. The quantitative estimate of drug-likeness (QED) is 0.149. The summed E-state index contributed by atoms with van der Waals surface area (Å²) in [5, 5.41) is 5.42. The number of hydrogen-bond donors (Lipinski definition) is 3. The number of hydrogen-bond acceptors (Lipinski definition) is 8. The molecule has 4 amide bonds. The normalized spacial score (nSPS) is 11.3. The molecule has 0 saturated heterocycles. The third-order valence-electron chi connectivity index (χ3n) is 7.03. The molecule has 2 aromatic carbocycles. The number of ether oxygens (including phenoxy) is 2. The van der Waals surface area contributed by atoms with Gasteiger partial charge in [-0.2, -0.15) is 0 Å². The lowest BCUT2D eigenvalue weighted by Crippen LogP contribution is -2.41. The zero-order valence-electron chi connectivity index (χ0n) is 30.2. The second-order valence-electron chi connectivity index (χ2n) is 13.9. The van der Waals surface area contributed by atoms with Crippen LogP contribution in [0.25, 0.3) is 11.0 Å². The number of carbonyl (C=O) groups is 5. The van der Waals surface area contributed by atoms with Gasteiger partial charge in [0.25, 0.3) is 5.91 Å². The zero-order chi connectivity index (χ0) is 37.2. The Kier molecular flexibility index (Phi) is 13.1. The van der Waals surface area contributed by atoms with Crippen LogP contribution in [0.3, 0.4) is 0 Å². The SMILES string of the molecule is C#CCCN(Cc1nc2ccc(C(=O)CNC(=O)c3ccc(C)c(NC(=O)CN(CCC)C(=O)OC(C)(C)C)c3)cc2[nH]1)C(=O)OC(C)(C)C. The van der Waals surface area contributed by atoms with Crippen LogP contribution in [0.2, 0.25) is 0 Å². The highest BCUT2D eigenvalue weighted by Crippen LogP contribution is 2.19. The number of benzene rings is 2. The monoisotopic (exact) mass is 688 g/mol. The van der Waals surface area contributed by atoms with Crippen molar-refractivity contribution < 1.29 is 33.4 Å². The Morgan fingerprint density at radius 3 is 2.16 bits per heavy atom. The van der Waals surface area contributed by atoms with E-state index in [4.69, 9.17) is 15.9 Å². The number of anilines is 1. The van der Waals surface area contributed by atoms with Gasteiger partial charge in [0, 0.05) is 36.3 Å². The van der Waals surface area contributed by atoms with E-state index in [1.807, 2.05) is 6.92 Å². The second kappa shape index (κ2) is 16.8. The third kappa shape index (κ3) is 11.9. The molecule has 0 spiro atoms. The standard InChI is InChI=1S/C37H48N6O7/c1-10-12-18-43(35(48)50-37(7,8)9)22-31-39-27-16-15-25(19-29(27)40-31)30(44)21-38-33(46)26-14-13-24(3)28(20-26)41-32(45)23-42(17-11-2)34(47)49-36(4,5)6/h1,13-16,19-20H,11-12,17-18,21-23H2,2-9H3,(H,38,46)(H,39,40)(H,41,45). The van der Waals surface area contributed by atoms with Crippen LogP contribution < -0.4 is 10.6 Å². The summed E-state index contributed by atoms with van der Waals surface area (Å²) in [6.45, 7) is 14.5. The molecule has 3 N–H and O–H groups in total. The molecule has 268 valence electrons. The molecule has 13 heteroatoms. The predicted molar refractivity (Wildman–Crippen MR) is 191 cm³/mol. The molecule has 0 aliphatic carbocycles. The van der Waals surface area contributed by atoms with Crippen molar-refractivity contribution >= 4 is 46.5 Å². The Morgan fingerprint density at radius 1 is 0.900 bits per heavy atom. The number of amides is 4. The molecule has 0 saturated carbocycles. The minimum atomic E-state index is -0.704. The summed E-state index contributed by atoms with van der Waals surface area (Å²) in [6, 6.07) is 9.74. The number of rotatable bonds is 13. The predicted octanol–water partition coefficient (Wildman–Crippen LogP) is 5.83. The maximum absolute atomic E-state index is 13.1. The zero-order valence-corrected chi connectivity index (χ0v) is 30.2. The summed E-state index contributed by atoms with van der Waals surface area (Å²) in [4.78, 5) is 74.8. The van der Waals surface area contributed by atoms with Crippen LogP contribution in [-0.4, -0.2) is 86.9 Å². The first kappa shape index (κ1) is 39.1. The lowest BCUT2D eigenvalue weighted by molar-refractivity contribution is -0.117. The molecule has 0 aliphatic heterocycles. The molecule has 50 heavy (non-hydrogen) atoms. The van der Waals surface area contributed by atoms with Gasteiger partial charge >= 0.3 is 12.2 Å². The van der Waals surface area contributed by atoms with E-state index in [9.17, 15) is 24.0 Å². The van der Waals surface area contributed by atoms with Crippen molar-refractivity contribution in [1.29, 1.82) is 0 Å². The number of nitrogens with one attached hydrogen (secondary N) is 3. The van der Waals surface area contributed by atoms with Crippen LogP contribution in [-0.2, 0) is 20.8 Å². The fourth-order valence-corrected chi connectivity index (χ4v) is 4.71. The van der Waals surface area contributed by atoms with Gasteiger partial charge in [0.1, 0.15) is 23.6 Å². The highest BCUT2D eigenvalue weighted by molar-refractivity contribution is 6.04. The second-order valence-corrected chi connectivity index (χ2v) is 13.9. The first-order valence-corrected chi connectivity index (χ1v) is 16.5. The van der Waals surface area contributed by atoms with Crippen molar-refractivity contribution in [3.8, 4) is 12.3 Å². The highest BCUT2D eigenvalue weighted by Gasteiger charge is 2.25. The van der Waals surface area contributed by atoms with E-state index in [0.29, 0.717) is 53.1 Å². The van der Waals surface area contributed by atoms with E-state index in [0.717, 1.165) is 0 Å². The summed E-state index contributed by atoms with van der Waals surface area (Å²) >= 11 is 0. The van der Waals surface area contributed by atoms with E-state index in [1.54, 1.807) is 78.8 Å². The van der Waals surface area contributed by atoms with Crippen LogP contribution in [0.15, 0.2) is 36.4 Å². The molecule has 0 bridgehead atoms. The summed E-state index contributed by atoms with van der Waals surface area (Å²) in [6.07, 6.45) is 5.30. The van der Waals surface area contributed by atoms with Gasteiger partial charge in [-0.1, -0.05) is 13.0 Å². The Labute approximate surface area is 293 Å². The van der Waals surface area contributed by atoms with Crippen LogP contribution in [0, 0.1) is 19.3 Å². The number of nitrogens with zero attached hydrogens (tertiary/aromatic N) is 3. The molecule has 3 aromatic rings. The summed E-state index contributed by atoms with van der Waals surface area (Å²) < 4.78 is 10.9. The highest BCUT2D eigenvalue weighted by atomic mass is 16.6. The maximum Gasteiger partial charge on any atom is 0.410 e. The van der Waals surface area contributed by atoms with Crippen LogP contribution in [0.4, 0.5) is 15.3 Å². The number of Topliss-reactive ketones (excluding diaryl/α,β-unsaturated/α-hetero) is 1. The van der Waals surface area contributed by atoms with Crippen molar-refractivity contribution in [2.24, 2.45) is 0 Å². The van der Waals surface area contributed by atoms with Gasteiger partial charge in [-0.3, -0.25) is 24.2 Å². The van der Waals surface area contributed by atoms with Crippen molar-refractivity contribution in [1.82, 2.24) is 25.1 Å². The molecule has 0 radical (unpaired) electrons. The Morgan fingerprint density at radius 2 is 1.54 bits per heavy atom. The largest absolute Gasteiger partial charge is 0.444 e. The van der Waals surface area contributed by atoms with Crippen molar-refractivity contribution in [3.63, 3.8) is 0 Å². The average molecular weight is 689 g/mol. The Balaban J connectivity index is 1.64. The van der Waals surface area contributed by atoms with E-state index < -0.39 is 35.2 Å². The molecule has 1 heterocycles. The number of fused-ring (bicyclic) bond motifs is 1. The molecule has 3 rings (SSSR count). The lowest BCUT2D eigenvalue weighted by atomic mass is 10.1. The van der Waals surface area contributed by atoms with Gasteiger partial charge in [0.2, 0.25) is 5.91 Å². The van der Waals surface area contributed by atoms with E-state index in [1.165, 1.54) is 15.9 Å². The molecule has 0 aliphatic rings. The fourth-order valence-electron chi connectivity index (χ4n) is 4.71. The number of H-pyrrole nitrogens is 1. The van der Waals surface area contributed by atoms with Crippen molar-refractivity contribution in [2.45, 2.75) is 86.0 Å². The number of terminal acetylenes is 1. The molecular formula is C37H48N6O7. The fraction of sp³-hybridized carbons (Fsp3) is 0.459. The first-order valence-electron chi connectivity index (χ1n) is 16.5. The minimum Gasteiger partial charge on any atom is -0.444 e. The van der Waals surface area contributed by atoms with Crippen molar-refractivity contribution in [3.05, 3.63) is 58.9 Å². The van der Waals surface area contributed by atoms with Crippen molar-refractivity contribution in [2.75, 3.05) is 31.5 Å². The van der Waals surface area contributed by atoms with Gasteiger partial charge in [0.05, 0.1) is 24.1 Å². The summed E-state index contributed by atoms with van der Waals surface area (Å²) in [5.74, 6) is 1.74. The Hall–Kier alpha value is -5.38. The molecular weight excluding hydrogens is 640 g/mol. The molecule has 0 fully saturated rings. The summed E-state index contributed by atoms with van der Waals surface area (Å²) in [5.41, 5.74) is 1.50. The minimum absolute atomic E-state index is 0.129. The van der Waals surface area contributed by atoms with E-state index in [2.05, 4.69) is 26.5 Å². The molecule has 0 atom stereocenters. The third-order valence-corrected chi connectivity index (χ3v) is 7.03. The molecule has 13 nitrogen and oxygen atoms in total. The van der Waals surface area contributed by atoms with Gasteiger partial charge in [-0.15, -0.1) is 12.3 Å². The van der Waals surface area contributed by atoms with Crippen LogP contribution >= 0.6 is 0 Å². The van der Waals surface area contributed by atoms with E-state index >= 15 is 0 Å². The topological polar surface area (TPSA) is 163 Å². The molecule has 0 unspecified atom stereocenters. The maximum atomic E-state index is 13.1.